The lowest BCUT2D eigenvalue weighted by molar-refractivity contribution is -0.137. The molecule has 1 saturated heterocycles. The van der Waals surface area contributed by atoms with Crippen molar-refractivity contribution >= 4 is 22.9 Å². The first-order valence-electron chi connectivity index (χ1n) is 11.1. The van der Waals surface area contributed by atoms with Gasteiger partial charge in [-0.15, -0.1) is 0 Å². The zero-order valence-electron chi connectivity index (χ0n) is 18.2. The summed E-state index contributed by atoms with van der Waals surface area (Å²) in [4.78, 5) is 31.7. The van der Waals surface area contributed by atoms with Crippen LogP contribution in [-0.4, -0.2) is 51.7 Å². The number of carboxylic acid groups (broad SMARTS) is 1. The standard InChI is InChI=1S/C25H27N3O4/c1-32-13-12-28-21-5-3-2-4-20(21)26-22(28)16-27-11-10-25(24(27)31)9-8-17-6-7-18(23(29)30)14-19(17)15-25/h2-7,14H,8-13,15-16H2,1H3,(H,29,30)/t25-/m0/s1. The van der Waals surface area contributed by atoms with Crippen LogP contribution < -0.4 is 0 Å². The topological polar surface area (TPSA) is 84.7 Å². The van der Waals surface area contributed by atoms with Gasteiger partial charge in [0, 0.05) is 20.2 Å². The minimum atomic E-state index is -0.929. The summed E-state index contributed by atoms with van der Waals surface area (Å²) in [5, 5.41) is 9.36. The number of rotatable bonds is 6. The minimum Gasteiger partial charge on any atom is -0.478 e. The number of ether oxygens (including phenoxy) is 1. The number of aromatic nitrogens is 2. The Morgan fingerprint density at radius 2 is 2.03 bits per heavy atom. The molecule has 1 spiro atoms. The van der Waals surface area contributed by atoms with Gasteiger partial charge in [0.2, 0.25) is 5.91 Å². The number of fused-ring (bicyclic) bond motifs is 2. The van der Waals surface area contributed by atoms with Crippen LogP contribution in [0.4, 0.5) is 0 Å². The molecule has 2 aromatic carbocycles. The second kappa shape index (κ2) is 8.06. The van der Waals surface area contributed by atoms with Crippen molar-refractivity contribution < 1.29 is 19.4 Å². The number of hydrogen-bond donors (Lipinski definition) is 1. The quantitative estimate of drug-likeness (QED) is 0.645. The summed E-state index contributed by atoms with van der Waals surface area (Å²) >= 11 is 0. The Labute approximate surface area is 186 Å². The molecule has 1 atom stereocenters. The van der Waals surface area contributed by atoms with Crippen molar-refractivity contribution in [3.8, 4) is 0 Å². The number of carbonyl (C=O) groups is 2. The number of likely N-dealkylation sites (tertiary alicyclic amines) is 1. The van der Waals surface area contributed by atoms with Gasteiger partial charge in [-0.25, -0.2) is 9.78 Å². The molecule has 3 aromatic rings. The van der Waals surface area contributed by atoms with Crippen molar-refractivity contribution in [3.63, 3.8) is 0 Å². The van der Waals surface area contributed by atoms with E-state index in [4.69, 9.17) is 9.72 Å². The van der Waals surface area contributed by atoms with E-state index in [9.17, 15) is 14.7 Å². The lowest BCUT2D eigenvalue weighted by atomic mass is 9.70. The zero-order valence-corrected chi connectivity index (χ0v) is 18.2. The van der Waals surface area contributed by atoms with E-state index < -0.39 is 11.4 Å². The molecule has 0 saturated carbocycles. The molecule has 1 fully saturated rings. The number of amides is 1. The molecule has 0 radical (unpaired) electrons. The number of aryl methyl sites for hydroxylation is 1. The summed E-state index contributed by atoms with van der Waals surface area (Å²) in [6.07, 6.45) is 3.02. The molecule has 166 valence electrons. The summed E-state index contributed by atoms with van der Waals surface area (Å²) in [5.41, 5.74) is 3.98. The molecule has 1 aliphatic carbocycles. The van der Waals surface area contributed by atoms with Gasteiger partial charge in [0.15, 0.2) is 0 Å². The van der Waals surface area contributed by atoms with Crippen molar-refractivity contribution in [2.75, 3.05) is 20.3 Å². The molecule has 0 unspecified atom stereocenters. The highest BCUT2D eigenvalue weighted by atomic mass is 16.5. The van der Waals surface area contributed by atoms with Crippen LogP contribution in [0.5, 0.6) is 0 Å². The van der Waals surface area contributed by atoms with Crippen LogP contribution in [0.1, 0.15) is 40.2 Å². The molecule has 7 nitrogen and oxygen atoms in total. The Kier molecular flexibility index (Phi) is 5.21. The third-order valence-corrected chi connectivity index (χ3v) is 7.04. The van der Waals surface area contributed by atoms with Gasteiger partial charge in [0.25, 0.3) is 0 Å². The molecular weight excluding hydrogens is 406 g/mol. The van der Waals surface area contributed by atoms with E-state index in [1.54, 1.807) is 19.2 Å². The summed E-state index contributed by atoms with van der Waals surface area (Å²) in [6, 6.07) is 13.3. The van der Waals surface area contributed by atoms with Gasteiger partial charge < -0.3 is 19.3 Å². The molecule has 2 aliphatic rings. The predicted octanol–water partition coefficient (Wildman–Crippen LogP) is 3.29. The fourth-order valence-electron chi connectivity index (χ4n) is 5.28. The maximum atomic E-state index is 13.6. The Bertz CT molecular complexity index is 1200. The average molecular weight is 434 g/mol. The summed E-state index contributed by atoms with van der Waals surface area (Å²) in [5.74, 6) is 0.106. The van der Waals surface area contributed by atoms with E-state index in [0.717, 1.165) is 47.2 Å². The van der Waals surface area contributed by atoms with Gasteiger partial charge in [0.1, 0.15) is 5.82 Å². The van der Waals surface area contributed by atoms with Crippen molar-refractivity contribution in [1.82, 2.24) is 14.5 Å². The lowest BCUT2D eigenvalue weighted by Gasteiger charge is -2.33. The summed E-state index contributed by atoms with van der Waals surface area (Å²) < 4.78 is 7.43. The maximum absolute atomic E-state index is 13.6. The van der Waals surface area contributed by atoms with E-state index in [2.05, 4.69) is 4.57 Å². The fourth-order valence-corrected chi connectivity index (χ4v) is 5.28. The summed E-state index contributed by atoms with van der Waals surface area (Å²) in [7, 11) is 1.68. The van der Waals surface area contributed by atoms with Gasteiger partial charge >= 0.3 is 5.97 Å². The number of hydrogen-bond acceptors (Lipinski definition) is 4. The van der Waals surface area contributed by atoms with Crippen molar-refractivity contribution in [3.05, 3.63) is 65.0 Å². The van der Waals surface area contributed by atoms with Crippen molar-refractivity contribution in [2.45, 2.75) is 38.8 Å². The van der Waals surface area contributed by atoms with Crippen LogP contribution in [-0.2, 0) is 35.5 Å². The second-order valence-corrected chi connectivity index (χ2v) is 8.88. The first-order valence-corrected chi connectivity index (χ1v) is 11.1. The highest BCUT2D eigenvalue weighted by Gasteiger charge is 2.48. The average Bonchev–Trinajstić information content (AvgIpc) is 3.29. The van der Waals surface area contributed by atoms with Crippen LogP contribution >= 0.6 is 0 Å². The van der Waals surface area contributed by atoms with Crippen LogP contribution in [0.2, 0.25) is 0 Å². The normalized spacial score (nSPS) is 20.3. The molecule has 0 bridgehead atoms. The van der Waals surface area contributed by atoms with Gasteiger partial charge in [-0.2, -0.15) is 0 Å². The van der Waals surface area contributed by atoms with E-state index in [1.165, 1.54) is 0 Å². The number of para-hydroxylation sites is 2. The molecule has 2 heterocycles. The van der Waals surface area contributed by atoms with E-state index >= 15 is 0 Å². The first kappa shape index (κ1) is 20.7. The molecular formula is C25H27N3O4. The highest BCUT2D eigenvalue weighted by molar-refractivity contribution is 5.89. The largest absolute Gasteiger partial charge is 0.478 e. The lowest BCUT2D eigenvalue weighted by Crippen LogP contribution is -2.39. The van der Waals surface area contributed by atoms with Crippen LogP contribution in [0.15, 0.2) is 42.5 Å². The van der Waals surface area contributed by atoms with Crippen LogP contribution in [0, 0.1) is 5.41 Å². The van der Waals surface area contributed by atoms with E-state index in [0.29, 0.717) is 32.7 Å². The van der Waals surface area contributed by atoms with Crippen molar-refractivity contribution in [2.24, 2.45) is 5.41 Å². The molecule has 5 rings (SSSR count). The van der Waals surface area contributed by atoms with Gasteiger partial charge in [0.05, 0.1) is 35.2 Å². The number of carboxylic acids is 1. The smallest absolute Gasteiger partial charge is 0.335 e. The van der Waals surface area contributed by atoms with E-state index in [-0.39, 0.29) is 11.5 Å². The number of benzene rings is 2. The molecule has 1 N–H and O–H groups in total. The Hall–Kier alpha value is -3.19. The summed E-state index contributed by atoms with van der Waals surface area (Å²) in [6.45, 7) is 2.43. The molecule has 1 amide bonds. The Balaban J connectivity index is 1.40. The van der Waals surface area contributed by atoms with Gasteiger partial charge in [-0.3, -0.25) is 4.79 Å². The number of imidazole rings is 1. The third kappa shape index (κ3) is 3.46. The zero-order chi connectivity index (χ0) is 22.3. The van der Waals surface area contributed by atoms with E-state index in [1.807, 2.05) is 35.2 Å². The Morgan fingerprint density at radius 3 is 2.84 bits per heavy atom. The minimum absolute atomic E-state index is 0.161. The Morgan fingerprint density at radius 1 is 1.19 bits per heavy atom. The molecule has 1 aromatic heterocycles. The predicted molar refractivity (Wildman–Crippen MR) is 120 cm³/mol. The molecule has 1 aliphatic heterocycles. The van der Waals surface area contributed by atoms with Gasteiger partial charge in [-0.1, -0.05) is 18.2 Å². The monoisotopic (exact) mass is 433 g/mol. The van der Waals surface area contributed by atoms with Crippen molar-refractivity contribution in [1.29, 1.82) is 0 Å². The fraction of sp³-hybridized carbons (Fsp3) is 0.400. The van der Waals surface area contributed by atoms with Crippen LogP contribution in [0.25, 0.3) is 11.0 Å². The number of carbonyl (C=O) groups excluding carboxylic acids is 1. The first-order chi connectivity index (χ1) is 15.5. The highest BCUT2D eigenvalue weighted by Crippen LogP contribution is 2.44. The van der Waals surface area contributed by atoms with Crippen LogP contribution in [0.3, 0.4) is 0 Å². The number of aromatic carboxylic acids is 1. The number of methoxy groups -OCH3 is 1. The SMILES string of the molecule is COCCn1c(CN2CC[C@]3(CCc4ccc(C(=O)O)cc4C3)C2=O)nc2ccccc21. The second-order valence-electron chi connectivity index (χ2n) is 8.88. The third-order valence-electron chi connectivity index (χ3n) is 7.04. The molecule has 7 heteroatoms. The maximum Gasteiger partial charge on any atom is 0.335 e. The van der Waals surface area contributed by atoms with Gasteiger partial charge in [-0.05, 0) is 61.1 Å². The number of nitrogens with zero attached hydrogens (tertiary/aromatic N) is 3. The molecule has 32 heavy (non-hydrogen) atoms.